The Labute approximate surface area is 158 Å². The molecule has 2 aromatic rings. The quantitative estimate of drug-likeness (QED) is 0.609. The second-order valence-electron chi connectivity index (χ2n) is 6.76. The normalized spacial score (nSPS) is 20.0. The van der Waals surface area contributed by atoms with Crippen LogP contribution in [0.4, 0.5) is 4.79 Å². The molecule has 0 aliphatic carbocycles. The summed E-state index contributed by atoms with van der Waals surface area (Å²) in [7, 11) is 0. The van der Waals surface area contributed by atoms with E-state index in [0.717, 1.165) is 35.6 Å². The lowest BCUT2D eigenvalue weighted by atomic mass is 10.0. The minimum atomic E-state index is -0.343. The summed E-state index contributed by atoms with van der Waals surface area (Å²) < 4.78 is 5.78. The van der Waals surface area contributed by atoms with E-state index < -0.39 is 0 Å². The molecule has 0 unspecified atom stereocenters. The lowest BCUT2D eigenvalue weighted by Crippen LogP contribution is -2.38. The van der Waals surface area contributed by atoms with Gasteiger partial charge in [-0.1, -0.05) is 18.2 Å². The Balaban J connectivity index is 1.49. The Hall–Kier alpha value is -3.15. The topological polar surface area (TPSA) is 62.2 Å². The number of piperidine rings is 1. The van der Waals surface area contributed by atoms with Crippen molar-refractivity contribution < 1.29 is 14.3 Å². The van der Waals surface area contributed by atoms with E-state index in [-0.39, 0.29) is 18.0 Å². The summed E-state index contributed by atoms with van der Waals surface area (Å²) in [6.45, 7) is 2.43. The third-order valence-corrected chi connectivity index (χ3v) is 4.92. The highest BCUT2D eigenvalue weighted by Gasteiger charge is 2.46. The van der Waals surface area contributed by atoms with E-state index in [2.05, 4.69) is 5.10 Å². The minimum Gasteiger partial charge on any atom is -0.457 e. The Kier molecular flexibility index (Phi) is 4.62. The van der Waals surface area contributed by atoms with Crippen molar-refractivity contribution in [2.75, 3.05) is 6.54 Å². The third kappa shape index (κ3) is 3.43. The second-order valence-corrected chi connectivity index (χ2v) is 6.76. The first-order valence-electron chi connectivity index (χ1n) is 9.16. The van der Waals surface area contributed by atoms with Gasteiger partial charge in [0.2, 0.25) is 0 Å². The fourth-order valence-electron chi connectivity index (χ4n) is 3.46. The summed E-state index contributed by atoms with van der Waals surface area (Å²) in [6, 6.07) is 16.3. The minimum absolute atomic E-state index is 0.219. The van der Waals surface area contributed by atoms with Crippen molar-refractivity contribution in [2.24, 2.45) is 5.10 Å². The van der Waals surface area contributed by atoms with Crippen LogP contribution in [0.15, 0.2) is 59.7 Å². The maximum absolute atomic E-state index is 12.5. The number of urea groups is 1. The molecule has 0 spiro atoms. The van der Waals surface area contributed by atoms with Crippen molar-refractivity contribution in [3.8, 4) is 11.5 Å². The largest absolute Gasteiger partial charge is 0.457 e. The van der Waals surface area contributed by atoms with Crippen LogP contribution < -0.4 is 4.74 Å². The van der Waals surface area contributed by atoms with Gasteiger partial charge in [0.05, 0.1) is 5.71 Å². The van der Waals surface area contributed by atoms with Crippen LogP contribution in [0.3, 0.4) is 0 Å². The van der Waals surface area contributed by atoms with E-state index in [1.807, 2.05) is 54.6 Å². The van der Waals surface area contributed by atoms with E-state index in [9.17, 15) is 9.59 Å². The molecule has 2 fully saturated rings. The van der Waals surface area contributed by atoms with Gasteiger partial charge in [-0.3, -0.25) is 4.79 Å². The van der Waals surface area contributed by atoms with Crippen LogP contribution in [0.1, 0.15) is 31.7 Å². The number of carbonyl (C=O) groups excluding carboxylic acids is 2. The van der Waals surface area contributed by atoms with Crippen LogP contribution in [0.25, 0.3) is 0 Å². The average molecular weight is 363 g/mol. The van der Waals surface area contributed by atoms with Gasteiger partial charge in [-0.2, -0.15) is 5.10 Å². The summed E-state index contributed by atoms with van der Waals surface area (Å²) in [5.74, 6) is 1.26. The van der Waals surface area contributed by atoms with Crippen LogP contribution in [0, 0.1) is 0 Å². The van der Waals surface area contributed by atoms with E-state index in [0.29, 0.717) is 18.0 Å². The number of rotatable bonds is 4. The average Bonchev–Trinajstić information content (AvgIpc) is 2.94. The molecule has 0 aromatic heterocycles. The molecule has 2 saturated heterocycles. The van der Waals surface area contributed by atoms with Gasteiger partial charge < -0.3 is 9.64 Å². The summed E-state index contributed by atoms with van der Waals surface area (Å²) in [5, 5.41) is 5.34. The molecular formula is C21H21N3O3. The fourth-order valence-corrected chi connectivity index (χ4v) is 3.46. The zero-order valence-corrected chi connectivity index (χ0v) is 15.2. The van der Waals surface area contributed by atoms with Crippen molar-refractivity contribution in [3.63, 3.8) is 0 Å². The summed E-state index contributed by atoms with van der Waals surface area (Å²) in [4.78, 5) is 26.6. The second kappa shape index (κ2) is 7.23. The molecule has 2 heterocycles. The molecule has 2 aromatic carbocycles. The molecule has 2 aliphatic rings. The van der Waals surface area contributed by atoms with Crippen molar-refractivity contribution in [1.29, 1.82) is 0 Å². The van der Waals surface area contributed by atoms with Gasteiger partial charge in [-0.25, -0.2) is 4.79 Å². The molecule has 3 amide bonds. The lowest BCUT2D eigenvalue weighted by Gasteiger charge is -2.25. The first-order chi connectivity index (χ1) is 13.1. The van der Waals surface area contributed by atoms with Crippen molar-refractivity contribution in [3.05, 3.63) is 60.2 Å². The summed E-state index contributed by atoms with van der Waals surface area (Å²) in [6.07, 6.45) is 2.63. The molecule has 0 N–H and O–H groups in total. The maximum Gasteiger partial charge on any atom is 0.348 e. The molecule has 6 nitrogen and oxygen atoms in total. The van der Waals surface area contributed by atoms with Gasteiger partial charge in [-0.05, 0) is 68.1 Å². The van der Waals surface area contributed by atoms with Gasteiger partial charge in [-0.15, -0.1) is 5.01 Å². The van der Waals surface area contributed by atoms with Gasteiger partial charge in [0, 0.05) is 6.54 Å². The van der Waals surface area contributed by atoms with Crippen LogP contribution in [-0.4, -0.2) is 40.1 Å². The predicted molar refractivity (Wildman–Crippen MR) is 102 cm³/mol. The molecule has 4 rings (SSSR count). The van der Waals surface area contributed by atoms with Gasteiger partial charge in [0.15, 0.2) is 0 Å². The van der Waals surface area contributed by atoms with Gasteiger partial charge >= 0.3 is 6.03 Å². The highest BCUT2D eigenvalue weighted by Crippen LogP contribution is 2.27. The predicted octanol–water partition coefficient (Wildman–Crippen LogP) is 4.02. The number of ether oxygens (including phenoxy) is 1. The van der Waals surface area contributed by atoms with Crippen LogP contribution in [0.5, 0.6) is 11.5 Å². The number of amides is 3. The van der Waals surface area contributed by atoms with E-state index in [4.69, 9.17) is 4.74 Å². The Morgan fingerprint density at radius 3 is 2.41 bits per heavy atom. The van der Waals surface area contributed by atoms with Gasteiger partial charge in [0.25, 0.3) is 5.91 Å². The number of hydrogen-bond acceptors (Lipinski definition) is 4. The molecule has 1 atom stereocenters. The zero-order valence-electron chi connectivity index (χ0n) is 15.2. The number of nitrogens with zero attached hydrogens (tertiary/aromatic N) is 3. The Bertz CT molecular complexity index is 853. The molecule has 0 bridgehead atoms. The number of hydrogen-bond donors (Lipinski definition) is 0. The van der Waals surface area contributed by atoms with Crippen molar-refractivity contribution >= 4 is 17.6 Å². The number of fused-ring (bicyclic) bond motifs is 1. The molecular weight excluding hydrogens is 342 g/mol. The van der Waals surface area contributed by atoms with Gasteiger partial charge in [0.1, 0.15) is 17.5 Å². The smallest absolute Gasteiger partial charge is 0.348 e. The number of carbonyl (C=O) groups is 2. The van der Waals surface area contributed by atoms with Crippen LogP contribution in [0.2, 0.25) is 0 Å². The highest BCUT2D eigenvalue weighted by molar-refractivity contribution is 6.07. The van der Waals surface area contributed by atoms with Crippen LogP contribution >= 0.6 is 0 Å². The van der Waals surface area contributed by atoms with E-state index in [1.54, 1.807) is 11.8 Å². The Morgan fingerprint density at radius 2 is 1.70 bits per heavy atom. The number of hydrazone groups is 1. The molecule has 2 aliphatic heterocycles. The number of benzene rings is 2. The molecule has 27 heavy (non-hydrogen) atoms. The molecule has 0 saturated carbocycles. The standard InChI is InChI=1S/C21H21N3O3/c1-15(22-24-20(25)19-9-5-6-14-23(19)21(24)26)16-10-12-18(13-11-16)27-17-7-3-2-4-8-17/h2-4,7-8,10-13,19H,5-6,9,14H2,1H3/b22-15+/t19-/m0/s1. The fraction of sp³-hybridized carbons (Fsp3) is 0.286. The molecule has 6 heteroatoms. The number of para-hydroxylation sites is 1. The Morgan fingerprint density at radius 1 is 1.00 bits per heavy atom. The lowest BCUT2D eigenvalue weighted by molar-refractivity contribution is -0.128. The summed E-state index contributed by atoms with van der Waals surface area (Å²) >= 11 is 0. The highest BCUT2D eigenvalue weighted by atomic mass is 16.5. The molecule has 138 valence electrons. The number of imide groups is 1. The first kappa shape index (κ1) is 17.3. The maximum atomic E-state index is 12.5. The van der Waals surface area contributed by atoms with Crippen molar-refractivity contribution in [2.45, 2.75) is 32.2 Å². The molecule has 0 radical (unpaired) electrons. The van der Waals surface area contributed by atoms with Crippen LogP contribution in [-0.2, 0) is 4.79 Å². The van der Waals surface area contributed by atoms with Crippen molar-refractivity contribution in [1.82, 2.24) is 9.91 Å². The van der Waals surface area contributed by atoms with E-state index in [1.165, 1.54) is 0 Å². The van der Waals surface area contributed by atoms with E-state index >= 15 is 0 Å². The third-order valence-electron chi connectivity index (χ3n) is 4.92. The monoisotopic (exact) mass is 363 g/mol. The summed E-state index contributed by atoms with van der Waals surface area (Å²) in [5.41, 5.74) is 1.45. The SMILES string of the molecule is C/C(=N\N1C(=O)[C@@H]2CCCCN2C1=O)c1ccc(Oc2ccccc2)cc1. The zero-order chi connectivity index (χ0) is 18.8. The first-order valence-corrected chi connectivity index (χ1v) is 9.16.